The Bertz CT molecular complexity index is 1110. The number of fused-ring (bicyclic) bond motifs is 1. The summed E-state index contributed by atoms with van der Waals surface area (Å²) in [4.78, 5) is 22.0. The van der Waals surface area contributed by atoms with E-state index in [0.29, 0.717) is 22.8 Å². The third-order valence-electron chi connectivity index (χ3n) is 4.95. The number of alkyl halides is 4. The number of likely N-dealkylation sites (tertiary alicyclic amines) is 1. The molecule has 1 aromatic carbocycles. The predicted molar refractivity (Wildman–Crippen MR) is 102 cm³/mol. The van der Waals surface area contributed by atoms with Gasteiger partial charge in [-0.1, -0.05) is 6.07 Å². The van der Waals surface area contributed by atoms with Crippen molar-refractivity contribution in [3.8, 4) is 11.6 Å². The van der Waals surface area contributed by atoms with Gasteiger partial charge in [0.25, 0.3) is 5.91 Å². The van der Waals surface area contributed by atoms with E-state index in [2.05, 4.69) is 9.97 Å². The number of carbonyl (C=O) groups excluding carboxylic acids is 1. The number of aliphatic hydroxyl groups excluding tert-OH is 1. The van der Waals surface area contributed by atoms with Gasteiger partial charge in [0.1, 0.15) is 23.7 Å². The number of nitrogens with zero attached hydrogens (tertiary/aromatic N) is 3. The molecule has 2 atom stereocenters. The molecule has 0 bridgehead atoms. The van der Waals surface area contributed by atoms with E-state index in [4.69, 9.17) is 4.74 Å². The molecule has 1 fully saturated rings. The Hall–Kier alpha value is -3.27. The number of piperidine rings is 1. The lowest BCUT2D eigenvalue weighted by Gasteiger charge is -2.32. The van der Waals surface area contributed by atoms with Crippen molar-refractivity contribution >= 4 is 16.8 Å². The van der Waals surface area contributed by atoms with Gasteiger partial charge in [-0.05, 0) is 36.8 Å². The Labute approximate surface area is 174 Å². The minimum Gasteiger partial charge on any atom is -0.439 e. The average Bonchev–Trinajstić information content (AvgIpc) is 2.74. The zero-order chi connectivity index (χ0) is 22.2. The second-order valence-electron chi connectivity index (χ2n) is 7.16. The first kappa shape index (κ1) is 21.0. The van der Waals surface area contributed by atoms with Crippen LogP contribution in [-0.4, -0.2) is 51.2 Å². The van der Waals surface area contributed by atoms with Crippen molar-refractivity contribution in [3.63, 3.8) is 0 Å². The SMILES string of the molecule is O=C(c1ccc2cc(Oc3ccc(C(F)(F)F)cn3)ccc2n1)N1CC[C@@H](F)[C@H](O)C1. The van der Waals surface area contributed by atoms with Gasteiger partial charge in [0.15, 0.2) is 0 Å². The number of β-amino-alcohol motifs (C(OH)–C–C–N with tert-alkyl or cyclic N) is 1. The van der Waals surface area contributed by atoms with E-state index in [1.165, 1.54) is 11.0 Å². The highest BCUT2D eigenvalue weighted by Gasteiger charge is 2.31. The predicted octanol–water partition coefficient (Wildman–Crippen LogP) is 3.99. The second-order valence-corrected chi connectivity index (χ2v) is 7.16. The number of pyridine rings is 2. The van der Waals surface area contributed by atoms with E-state index in [1.54, 1.807) is 24.3 Å². The second kappa shape index (κ2) is 8.10. The van der Waals surface area contributed by atoms with Crippen LogP contribution in [0.4, 0.5) is 17.6 Å². The van der Waals surface area contributed by atoms with Gasteiger partial charge in [0.05, 0.1) is 11.1 Å². The Morgan fingerprint density at radius 2 is 1.97 bits per heavy atom. The molecule has 0 saturated carbocycles. The molecular weight excluding hydrogens is 418 g/mol. The van der Waals surface area contributed by atoms with Gasteiger partial charge >= 0.3 is 6.18 Å². The molecule has 1 aliphatic heterocycles. The first-order valence-electron chi connectivity index (χ1n) is 9.44. The molecule has 0 spiro atoms. The van der Waals surface area contributed by atoms with Crippen molar-refractivity contribution in [2.24, 2.45) is 0 Å². The fourth-order valence-electron chi connectivity index (χ4n) is 3.26. The molecule has 4 rings (SSSR count). The lowest BCUT2D eigenvalue weighted by atomic mass is 10.1. The number of halogens is 4. The fraction of sp³-hybridized carbons (Fsp3) is 0.286. The molecule has 3 heterocycles. The quantitative estimate of drug-likeness (QED) is 0.630. The summed E-state index contributed by atoms with van der Waals surface area (Å²) >= 11 is 0. The highest BCUT2D eigenvalue weighted by Crippen LogP contribution is 2.30. The molecule has 1 N–H and O–H groups in total. The van der Waals surface area contributed by atoms with Gasteiger partial charge in [-0.15, -0.1) is 0 Å². The van der Waals surface area contributed by atoms with Gasteiger partial charge in [-0.3, -0.25) is 4.79 Å². The number of aromatic nitrogens is 2. The molecule has 0 aliphatic carbocycles. The number of rotatable bonds is 3. The van der Waals surface area contributed by atoms with Crippen molar-refractivity contribution in [3.05, 3.63) is 59.9 Å². The van der Waals surface area contributed by atoms with Gasteiger partial charge in [0, 0.05) is 30.7 Å². The highest BCUT2D eigenvalue weighted by atomic mass is 19.4. The van der Waals surface area contributed by atoms with Gasteiger partial charge in [-0.25, -0.2) is 14.4 Å². The molecule has 10 heteroatoms. The maximum atomic E-state index is 13.4. The maximum absolute atomic E-state index is 13.4. The lowest BCUT2D eigenvalue weighted by Crippen LogP contribution is -2.47. The van der Waals surface area contributed by atoms with Crippen LogP contribution in [0.3, 0.4) is 0 Å². The largest absolute Gasteiger partial charge is 0.439 e. The number of hydrogen-bond acceptors (Lipinski definition) is 5. The molecule has 3 aromatic rings. The summed E-state index contributed by atoms with van der Waals surface area (Å²) in [5.74, 6) is -0.0576. The van der Waals surface area contributed by atoms with Crippen LogP contribution in [-0.2, 0) is 6.18 Å². The summed E-state index contributed by atoms with van der Waals surface area (Å²) in [6, 6.07) is 9.96. The molecule has 2 aromatic heterocycles. The Balaban J connectivity index is 1.50. The first-order valence-corrected chi connectivity index (χ1v) is 9.44. The van der Waals surface area contributed by atoms with E-state index in [9.17, 15) is 27.5 Å². The summed E-state index contributed by atoms with van der Waals surface area (Å²) in [6.07, 6.45) is -6.27. The van der Waals surface area contributed by atoms with Crippen LogP contribution in [0.1, 0.15) is 22.5 Å². The summed E-state index contributed by atoms with van der Waals surface area (Å²) in [6.45, 7) is 0.107. The maximum Gasteiger partial charge on any atom is 0.417 e. The standard InChI is InChI=1S/C21H17F4N3O3/c22-15-7-8-28(11-18(15)29)20(30)17-4-1-12-9-14(3-5-16(12)27-17)31-19-6-2-13(10-26-19)21(23,24)25/h1-6,9-10,15,18,29H,7-8,11H2/t15-,18-/m1/s1. The normalized spacial score (nSPS) is 19.5. The van der Waals surface area contributed by atoms with Crippen molar-refractivity contribution in [1.82, 2.24) is 14.9 Å². The molecule has 1 amide bonds. The van der Waals surface area contributed by atoms with Crippen LogP contribution in [0.2, 0.25) is 0 Å². The van der Waals surface area contributed by atoms with Crippen molar-refractivity contribution in [1.29, 1.82) is 0 Å². The van der Waals surface area contributed by atoms with E-state index in [0.717, 1.165) is 12.1 Å². The van der Waals surface area contributed by atoms with Crippen LogP contribution in [0.15, 0.2) is 48.7 Å². The Morgan fingerprint density at radius 1 is 1.16 bits per heavy atom. The van der Waals surface area contributed by atoms with Gasteiger partial charge in [0.2, 0.25) is 5.88 Å². The van der Waals surface area contributed by atoms with Gasteiger partial charge < -0.3 is 14.7 Å². The third kappa shape index (κ3) is 4.58. The number of hydrogen-bond donors (Lipinski definition) is 1. The average molecular weight is 435 g/mol. The first-order chi connectivity index (χ1) is 14.7. The summed E-state index contributed by atoms with van der Waals surface area (Å²) in [5.41, 5.74) is -0.211. The van der Waals surface area contributed by atoms with Crippen LogP contribution >= 0.6 is 0 Å². The molecular formula is C21H17F4N3O3. The van der Waals surface area contributed by atoms with Crippen molar-refractivity contribution < 1.29 is 32.2 Å². The molecule has 1 aliphatic rings. The fourth-order valence-corrected chi connectivity index (χ4v) is 3.26. The van der Waals surface area contributed by atoms with Crippen LogP contribution in [0.25, 0.3) is 10.9 Å². The molecule has 0 radical (unpaired) electrons. The molecule has 162 valence electrons. The van der Waals surface area contributed by atoms with Crippen LogP contribution < -0.4 is 4.74 Å². The minimum absolute atomic E-state index is 0.00179. The lowest BCUT2D eigenvalue weighted by molar-refractivity contribution is -0.137. The third-order valence-corrected chi connectivity index (χ3v) is 4.95. The van der Waals surface area contributed by atoms with Crippen LogP contribution in [0, 0.1) is 0 Å². The number of aliphatic hydroxyl groups is 1. The number of amides is 1. The topological polar surface area (TPSA) is 75.5 Å². The summed E-state index contributed by atoms with van der Waals surface area (Å²) < 4.78 is 56.8. The molecule has 31 heavy (non-hydrogen) atoms. The van der Waals surface area contributed by atoms with E-state index in [-0.39, 0.29) is 31.1 Å². The number of carbonyl (C=O) groups is 1. The molecule has 0 unspecified atom stereocenters. The van der Waals surface area contributed by atoms with Crippen LogP contribution in [0.5, 0.6) is 11.6 Å². The monoisotopic (exact) mass is 435 g/mol. The van der Waals surface area contributed by atoms with E-state index in [1.807, 2.05) is 0 Å². The smallest absolute Gasteiger partial charge is 0.417 e. The van der Waals surface area contributed by atoms with Crippen molar-refractivity contribution in [2.75, 3.05) is 13.1 Å². The number of ether oxygens (including phenoxy) is 1. The molecule has 6 nitrogen and oxygen atoms in total. The summed E-state index contributed by atoms with van der Waals surface area (Å²) in [7, 11) is 0. The zero-order valence-electron chi connectivity index (χ0n) is 16.0. The number of benzene rings is 1. The zero-order valence-corrected chi connectivity index (χ0v) is 16.0. The Morgan fingerprint density at radius 3 is 2.65 bits per heavy atom. The summed E-state index contributed by atoms with van der Waals surface area (Å²) in [5, 5.41) is 10.3. The molecule has 1 saturated heterocycles. The van der Waals surface area contributed by atoms with Gasteiger partial charge in [-0.2, -0.15) is 13.2 Å². The van der Waals surface area contributed by atoms with E-state index >= 15 is 0 Å². The highest BCUT2D eigenvalue weighted by molar-refractivity contribution is 5.95. The Kier molecular flexibility index (Phi) is 5.48. The minimum atomic E-state index is -4.48. The van der Waals surface area contributed by atoms with E-state index < -0.39 is 29.9 Å². The van der Waals surface area contributed by atoms with Crippen molar-refractivity contribution in [2.45, 2.75) is 24.9 Å².